The maximum atomic E-state index is 6.36. The van der Waals surface area contributed by atoms with Crippen LogP contribution in [0.1, 0.15) is 88.5 Å². The van der Waals surface area contributed by atoms with Crippen molar-refractivity contribution < 1.29 is 28.4 Å². The first kappa shape index (κ1) is 34.1. The lowest BCUT2D eigenvalue weighted by atomic mass is 9.78. The molecule has 0 aliphatic rings. The number of hydrogen-bond acceptors (Lipinski definition) is 6. The van der Waals surface area contributed by atoms with E-state index in [0.29, 0.717) is 58.8 Å². The van der Waals surface area contributed by atoms with E-state index in [2.05, 4.69) is 71.0 Å². The largest absolute Gasteiger partial charge is 0.490 e. The second kappa shape index (κ2) is 19.1. The summed E-state index contributed by atoms with van der Waals surface area (Å²) in [5.74, 6) is 2.14. The van der Waals surface area contributed by atoms with Gasteiger partial charge in [0.25, 0.3) is 0 Å². The molecule has 0 aliphatic carbocycles. The van der Waals surface area contributed by atoms with Crippen molar-refractivity contribution in [1.82, 2.24) is 0 Å². The molecule has 0 saturated heterocycles. The van der Waals surface area contributed by atoms with Crippen LogP contribution in [-0.4, -0.2) is 53.9 Å². The van der Waals surface area contributed by atoms with Gasteiger partial charge in [-0.25, -0.2) is 0 Å². The van der Waals surface area contributed by atoms with E-state index in [1.54, 1.807) is 14.2 Å². The van der Waals surface area contributed by atoms with E-state index in [1.165, 1.54) is 36.8 Å². The first-order valence-corrected chi connectivity index (χ1v) is 14.9. The van der Waals surface area contributed by atoms with Crippen molar-refractivity contribution in [1.29, 1.82) is 0 Å². The third-order valence-electron chi connectivity index (χ3n) is 7.28. The molecule has 0 radical (unpaired) electrons. The number of benzene rings is 2. The molecule has 0 heterocycles. The Balaban J connectivity index is 2.11. The van der Waals surface area contributed by atoms with Gasteiger partial charge in [-0.15, -0.1) is 0 Å². The fourth-order valence-corrected chi connectivity index (χ4v) is 4.43. The van der Waals surface area contributed by atoms with Crippen molar-refractivity contribution in [2.24, 2.45) is 5.41 Å². The lowest BCUT2D eigenvalue weighted by Gasteiger charge is -2.27. The van der Waals surface area contributed by atoms with Crippen LogP contribution in [0.4, 0.5) is 0 Å². The third-order valence-corrected chi connectivity index (χ3v) is 7.28. The first-order chi connectivity index (χ1) is 19.3. The average molecular weight is 559 g/mol. The highest BCUT2D eigenvalue weighted by Gasteiger charge is 2.21. The van der Waals surface area contributed by atoms with Crippen molar-refractivity contribution in [2.75, 3.05) is 53.9 Å². The molecular formula is C34H54O6. The number of unbranched alkanes of at least 4 members (excludes halogenated alkanes) is 3. The normalized spacial score (nSPS) is 12.5. The van der Waals surface area contributed by atoms with Crippen molar-refractivity contribution in [2.45, 2.75) is 85.9 Å². The van der Waals surface area contributed by atoms with Crippen LogP contribution in [-0.2, 0) is 38.6 Å². The van der Waals surface area contributed by atoms with Crippen LogP contribution in [0.25, 0.3) is 0 Å². The highest BCUT2D eigenvalue weighted by molar-refractivity contribution is 5.44. The average Bonchev–Trinajstić information content (AvgIpc) is 2.94. The second-order valence-corrected chi connectivity index (χ2v) is 11.5. The predicted octanol–water partition coefficient (Wildman–Crippen LogP) is 7.74. The van der Waals surface area contributed by atoms with Gasteiger partial charge in [0, 0.05) is 25.3 Å². The number of rotatable bonds is 21. The molecule has 6 nitrogen and oxygen atoms in total. The summed E-state index contributed by atoms with van der Waals surface area (Å²) in [5.41, 5.74) is 4.91. The van der Waals surface area contributed by atoms with Gasteiger partial charge in [-0.1, -0.05) is 66.0 Å². The van der Waals surface area contributed by atoms with Gasteiger partial charge in [-0.2, -0.15) is 0 Å². The fourth-order valence-electron chi connectivity index (χ4n) is 4.43. The fraction of sp³-hybridized carbons (Fsp3) is 0.647. The van der Waals surface area contributed by atoms with Gasteiger partial charge in [-0.3, -0.25) is 0 Å². The van der Waals surface area contributed by atoms with E-state index in [0.717, 1.165) is 29.0 Å². The number of methoxy groups -OCH3 is 2. The Kier molecular flexibility index (Phi) is 16.3. The van der Waals surface area contributed by atoms with Gasteiger partial charge >= 0.3 is 0 Å². The van der Waals surface area contributed by atoms with Crippen LogP contribution in [0, 0.1) is 5.41 Å². The van der Waals surface area contributed by atoms with Gasteiger partial charge in [0.15, 0.2) is 0 Å². The van der Waals surface area contributed by atoms with Crippen molar-refractivity contribution >= 4 is 0 Å². The maximum absolute atomic E-state index is 6.36. The molecule has 2 rings (SSSR count). The van der Waals surface area contributed by atoms with Crippen molar-refractivity contribution in [3.63, 3.8) is 0 Å². The Morgan fingerprint density at radius 2 is 1.27 bits per heavy atom. The van der Waals surface area contributed by atoms with Crippen molar-refractivity contribution in [3.05, 3.63) is 58.7 Å². The topological polar surface area (TPSA) is 55.4 Å². The summed E-state index contributed by atoms with van der Waals surface area (Å²) in [5, 5.41) is 0. The molecule has 226 valence electrons. The molecule has 0 bridgehead atoms. The van der Waals surface area contributed by atoms with Gasteiger partial charge in [0.05, 0.1) is 39.6 Å². The first-order valence-electron chi connectivity index (χ1n) is 14.9. The van der Waals surface area contributed by atoms with E-state index in [1.807, 2.05) is 0 Å². The van der Waals surface area contributed by atoms with E-state index >= 15 is 0 Å². The van der Waals surface area contributed by atoms with E-state index < -0.39 is 0 Å². The highest BCUT2D eigenvalue weighted by Crippen LogP contribution is 2.35. The molecule has 0 saturated carbocycles. The summed E-state index contributed by atoms with van der Waals surface area (Å²) in [6.45, 7) is 15.3. The molecule has 0 aromatic heterocycles. The van der Waals surface area contributed by atoms with E-state index in [-0.39, 0.29) is 5.41 Å². The number of ether oxygens (including phenoxy) is 6. The third kappa shape index (κ3) is 12.6. The summed E-state index contributed by atoms with van der Waals surface area (Å²) < 4.78 is 34.6. The van der Waals surface area contributed by atoms with Crippen LogP contribution in [0.2, 0.25) is 0 Å². The van der Waals surface area contributed by atoms with Crippen LogP contribution in [0.5, 0.6) is 11.5 Å². The summed E-state index contributed by atoms with van der Waals surface area (Å²) in [4.78, 5) is 0. The van der Waals surface area contributed by atoms with E-state index in [4.69, 9.17) is 28.4 Å². The Labute approximate surface area is 243 Å². The number of aryl methyl sites for hydroxylation is 1. The summed E-state index contributed by atoms with van der Waals surface area (Å²) in [7, 11) is 3.37. The minimum atomic E-state index is 0.219. The zero-order valence-corrected chi connectivity index (χ0v) is 26.2. The van der Waals surface area contributed by atoms with Crippen LogP contribution >= 0.6 is 0 Å². The SMILES string of the molecule is CCCCCCc1cc(COCCOC)c(OCCOc2ccc(C(C)C(C)(C)C)cc2)c(COCCOC)c1. The standard InChI is InChI=1S/C34H54O6/c1-8-9-10-11-12-28-23-30(25-37-19-17-35-6)33(31(24-28)26-38-20-18-36-7)40-22-21-39-32-15-13-29(14-16-32)27(2)34(3,4)5/h13-16,23-24,27H,8-12,17-22,25-26H2,1-7H3. The lowest BCUT2D eigenvalue weighted by Crippen LogP contribution is -2.15. The summed E-state index contributed by atoms with van der Waals surface area (Å²) in [6.07, 6.45) is 5.93. The van der Waals surface area contributed by atoms with Gasteiger partial charge in [-0.05, 0) is 59.6 Å². The molecule has 0 N–H and O–H groups in total. The van der Waals surface area contributed by atoms with Gasteiger partial charge in [0.1, 0.15) is 24.7 Å². The Hall–Kier alpha value is -2.12. The van der Waals surface area contributed by atoms with E-state index in [9.17, 15) is 0 Å². The van der Waals surface area contributed by atoms with Crippen molar-refractivity contribution in [3.8, 4) is 11.5 Å². The molecule has 2 aromatic carbocycles. The van der Waals surface area contributed by atoms with Crippen LogP contribution in [0.3, 0.4) is 0 Å². The summed E-state index contributed by atoms with van der Waals surface area (Å²) in [6, 6.07) is 12.9. The zero-order valence-electron chi connectivity index (χ0n) is 26.2. The quantitative estimate of drug-likeness (QED) is 0.146. The molecule has 0 spiro atoms. The monoisotopic (exact) mass is 558 g/mol. The van der Waals surface area contributed by atoms with Crippen LogP contribution in [0.15, 0.2) is 36.4 Å². The molecule has 6 heteroatoms. The molecule has 0 fully saturated rings. The molecule has 1 unspecified atom stereocenters. The Bertz CT molecular complexity index is 901. The molecule has 2 aromatic rings. The van der Waals surface area contributed by atoms with Gasteiger partial charge < -0.3 is 28.4 Å². The molecular weight excluding hydrogens is 504 g/mol. The summed E-state index contributed by atoms with van der Waals surface area (Å²) >= 11 is 0. The predicted molar refractivity (Wildman–Crippen MR) is 163 cm³/mol. The minimum absolute atomic E-state index is 0.219. The zero-order chi connectivity index (χ0) is 29.2. The molecule has 0 amide bonds. The number of hydrogen-bond donors (Lipinski definition) is 0. The van der Waals surface area contributed by atoms with Crippen LogP contribution < -0.4 is 9.47 Å². The molecule has 40 heavy (non-hydrogen) atoms. The Morgan fingerprint density at radius 3 is 1.80 bits per heavy atom. The maximum Gasteiger partial charge on any atom is 0.130 e. The lowest BCUT2D eigenvalue weighted by molar-refractivity contribution is 0.0566. The minimum Gasteiger partial charge on any atom is -0.490 e. The molecule has 0 aliphatic heterocycles. The Morgan fingerprint density at radius 1 is 0.700 bits per heavy atom. The smallest absolute Gasteiger partial charge is 0.130 e. The van der Waals surface area contributed by atoms with Gasteiger partial charge in [0.2, 0.25) is 0 Å². The molecule has 1 atom stereocenters. The second-order valence-electron chi connectivity index (χ2n) is 11.5. The highest BCUT2D eigenvalue weighted by atomic mass is 16.5.